The minimum atomic E-state index is -0.115. The maximum atomic E-state index is 12.4. The van der Waals surface area contributed by atoms with E-state index in [1.807, 2.05) is 25.1 Å². The van der Waals surface area contributed by atoms with Crippen molar-refractivity contribution >= 4 is 45.9 Å². The Bertz CT molecular complexity index is 1080. The van der Waals surface area contributed by atoms with E-state index in [1.165, 1.54) is 11.8 Å². The second-order valence-electron chi connectivity index (χ2n) is 8.17. The zero-order valence-electron chi connectivity index (χ0n) is 18.9. The Morgan fingerprint density at radius 2 is 1.84 bits per heavy atom. The summed E-state index contributed by atoms with van der Waals surface area (Å²) < 4.78 is 12.7. The van der Waals surface area contributed by atoms with Gasteiger partial charge in [-0.05, 0) is 82.3 Å². The van der Waals surface area contributed by atoms with Crippen LogP contribution in [0, 0.1) is 10.5 Å². The number of anilines is 1. The molecular formula is C24H28IN3O3S. The number of nitrogens with zero attached hydrogens (tertiary/aromatic N) is 2. The Kier molecular flexibility index (Phi) is 8.58. The molecule has 0 radical (unpaired) electrons. The van der Waals surface area contributed by atoms with Crippen LogP contribution in [0.15, 0.2) is 46.0 Å². The number of nitrogens with one attached hydrogen (secondary N) is 1. The van der Waals surface area contributed by atoms with Gasteiger partial charge in [-0.1, -0.05) is 51.6 Å². The fourth-order valence-electron chi connectivity index (χ4n) is 3.18. The lowest BCUT2D eigenvalue weighted by Gasteiger charge is -2.14. The summed E-state index contributed by atoms with van der Waals surface area (Å²) in [6.07, 6.45) is 0. The van der Waals surface area contributed by atoms with Crippen LogP contribution in [-0.4, -0.2) is 21.9 Å². The lowest BCUT2D eigenvalue weighted by Crippen LogP contribution is -2.15. The molecule has 1 amide bonds. The van der Waals surface area contributed by atoms with Crippen molar-refractivity contribution in [3.05, 3.63) is 62.5 Å². The SMILES string of the molecule is Cc1ccc(C(C)C)c(OCc2nnc(SCC(=O)Nc3ccc(I)cc3C(C)C)o2)c1. The minimum absolute atomic E-state index is 0.115. The quantitative estimate of drug-likeness (QED) is 0.235. The number of carbonyl (C=O) groups is 1. The highest BCUT2D eigenvalue weighted by atomic mass is 127. The average molecular weight is 565 g/mol. The molecular weight excluding hydrogens is 537 g/mol. The van der Waals surface area contributed by atoms with Gasteiger partial charge in [-0.25, -0.2) is 0 Å². The highest BCUT2D eigenvalue weighted by Gasteiger charge is 2.14. The van der Waals surface area contributed by atoms with E-state index in [1.54, 1.807) is 0 Å². The Morgan fingerprint density at radius 3 is 2.56 bits per heavy atom. The molecule has 1 heterocycles. The van der Waals surface area contributed by atoms with E-state index in [4.69, 9.17) is 9.15 Å². The van der Waals surface area contributed by atoms with Gasteiger partial charge >= 0.3 is 0 Å². The molecule has 1 N–H and O–H groups in total. The predicted octanol–water partition coefficient (Wildman–Crippen LogP) is 6.54. The molecule has 32 heavy (non-hydrogen) atoms. The van der Waals surface area contributed by atoms with Gasteiger partial charge in [-0.15, -0.1) is 10.2 Å². The van der Waals surface area contributed by atoms with Crippen molar-refractivity contribution in [2.24, 2.45) is 0 Å². The van der Waals surface area contributed by atoms with Gasteiger partial charge in [0.05, 0.1) is 5.75 Å². The van der Waals surface area contributed by atoms with Crippen molar-refractivity contribution in [2.45, 2.75) is 58.3 Å². The summed E-state index contributed by atoms with van der Waals surface area (Å²) in [5, 5.41) is 11.4. The molecule has 3 aromatic rings. The second-order valence-corrected chi connectivity index (χ2v) is 10.3. The first-order valence-corrected chi connectivity index (χ1v) is 12.6. The van der Waals surface area contributed by atoms with Gasteiger partial charge in [-0.3, -0.25) is 4.79 Å². The number of aryl methyl sites for hydroxylation is 1. The highest BCUT2D eigenvalue weighted by Crippen LogP contribution is 2.29. The van der Waals surface area contributed by atoms with Crippen molar-refractivity contribution in [3.63, 3.8) is 0 Å². The summed E-state index contributed by atoms with van der Waals surface area (Å²) in [5.74, 6) is 1.93. The van der Waals surface area contributed by atoms with Crippen LogP contribution in [0.25, 0.3) is 0 Å². The first-order valence-electron chi connectivity index (χ1n) is 10.5. The van der Waals surface area contributed by atoms with Crippen molar-refractivity contribution in [3.8, 4) is 5.75 Å². The van der Waals surface area contributed by atoms with E-state index in [0.29, 0.717) is 22.9 Å². The van der Waals surface area contributed by atoms with E-state index in [0.717, 1.165) is 31.7 Å². The van der Waals surface area contributed by atoms with Gasteiger partial charge in [0.2, 0.25) is 5.91 Å². The second kappa shape index (κ2) is 11.2. The van der Waals surface area contributed by atoms with Crippen LogP contribution in [0.3, 0.4) is 0 Å². The lowest BCUT2D eigenvalue weighted by molar-refractivity contribution is -0.113. The summed E-state index contributed by atoms with van der Waals surface area (Å²) in [6, 6.07) is 12.2. The maximum Gasteiger partial charge on any atom is 0.277 e. The molecule has 1 aromatic heterocycles. The summed E-state index contributed by atoms with van der Waals surface area (Å²) in [4.78, 5) is 12.4. The maximum absolute atomic E-state index is 12.4. The zero-order chi connectivity index (χ0) is 23.3. The third kappa shape index (κ3) is 6.71. The number of rotatable bonds is 9. The Morgan fingerprint density at radius 1 is 1.09 bits per heavy atom. The van der Waals surface area contributed by atoms with E-state index in [2.05, 4.69) is 84.0 Å². The molecule has 0 aliphatic carbocycles. The first kappa shape index (κ1) is 24.6. The molecule has 0 atom stereocenters. The number of halogens is 1. The molecule has 0 aliphatic heterocycles. The smallest absolute Gasteiger partial charge is 0.277 e. The molecule has 0 saturated heterocycles. The Balaban J connectivity index is 1.55. The van der Waals surface area contributed by atoms with E-state index in [9.17, 15) is 4.79 Å². The number of amides is 1. The molecule has 0 spiro atoms. The van der Waals surface area contributed by atoms with Crippen LogP contribution in [-0.2, 0) is 11.4 Å². The number of hydrogen-bond donors (Lipinski definition) is 1. The Labute approximate surface area is 207 Å². The molecule has 0 saturated carbocycles. The molecule has 0 bridgehead atoms. The first-order chi connectivity index (χ1) is 15.2. The molecule has 2 aromatic carbocycles. The number of hydrogen-bond acceptors (Lipinski definition) is 6. The average Bonchev–Trinajstić information content (AvgIpc) is 3.19. The molecule has 0 fully saturated rings. The topological polar surface area (TPSA) is 77.2 Å². The van der Waals surface area contributed by atoms with E-state index < -0.39 is 0 Å². The van der Waals surface area contributed by atoms with Crippen molar-refractivity contribution in [2.75, 3.05) is 11.1 Å². The normalized spacial score (nSPS) is 11.2. The summed E-state index contributed by atoms with van der Waals surface area (Å²) >= 11 is 3.49. The number of aromatic nitrogens is 2. The van der Waals surface area contributed by atoms with Gasteiger partial charge in [0.1, 0.15) is 5.75 Å². The van der Waals surface area contributed by atoms with Gasteiger partial charge < -0.3 is 14.5 Å². The summed E-state index contributed by atoms with van der Waals surface area (Å²) in [5.41, 5.74) is 4.22. The number of ether oxygens (including phenoxy) is 1. The molecule has 0 unspecified atom stereocenters. The third-order valence-electron chi connectivity index (χ3n) is 4.83. The largest absolute Gasteiger partial charge is 0.484 e. The van der Waals surface area contributed by atoms with Crippen LogP contribution in [0.1, 0.15) is 62.1 Å². The van der Waals surface area contributed by atoms with Crippen molar-refractivity contribution in [1.29, 1.82) is 0 Å². The molecule has 6 nitrogen and oxygen atoms in total. The molecule has 170 valence electrons. The number of carbonyl (C=O) groups excluding carboxylic acids is 1. The lowest BCUT2D eigenvalue weighted by atomic mass is 10.0. The van der Waals surface area contributed by atoms with Crippen LogP contribution in [0.5, 0.6) is 5.75 Å². The van der Waals surface area contributed by atoms with E-state index in [-0.39, 0.29) is 18.3 Å². The summed E-state index contributed by atoms with van der Waals surface area (Å²) in [7, 11) is 0. The van der Waals surface area contributed by atoms with Gasteiger partial charge in [0.25, 0.3) is 11.1 Å². The summed E-state index contributed by atoms with van der Waals surface area (Å²) in [6.45, 7) is 10.7. The fraction of sp³-hybridized carbons (Fsp3) is 0.375. The highest BCUT2D eigenvalue weighted by molar-refractivity contribution is 14.1. The predicted molar refractivity (Wildman–Crippen MR) is 136 cm³/mol. The fourth-order valence-corrected chi connectivity index (χ4v) is 4.27. The van der Waals surface area contributed by atoms with E-state index >= 15 is 0 Å². The molecule has 8 heteroatoms. The number of thioether (sulfide) groups is 1. The van der Waals surface area contributed by atoms with Crippen LogP contribution in [0.4, 0.5) is 5.69 Å². The molecule has 0 aliphatic rings. The third-order valence-corrected chi connectivity index (χ3v) is 6.32. The van der Waals surface area contributed by atoms with Crippen LogP contribution in [0.2, 0.25) is 0 Å². The van der Waals surface area contributed by atoms with Gasteiger partial charge in [0, 0.05) is 9.26 Å². The zero-order valence-corrected chi connectivity index (χ0v) is 21.9. The molecule has 3 rings (SSSR count). The van der Waals surface area contributed by atoms with Crippen LogP contribution >= 0.6 is 34.4 Å². The van der Waals surface area contributed by atoms with Crippen molar-refractivity contribution < 1.29 is 13.9 Å². The van der Waals surface area contributed by atoms with Crippen molar-refractivity contribution in [1.82, 2.24) is 10.2 Å². The van der Waals surface area contributed by atoms with Crippen LogP contribution < -0.4 is 10.1 Å². The monoisotopic (exact) mass is 565 g/mol. The standard InChI is InChI=1S/C24H28IN3O3S/c1-14(2)18-8-6-16(5)10-21(18)30-12-23-27-28-24(31-23)32-13-22(29)26-20-9-7-17(25)11-19(20)15(3)4/h6-11,14-15H,12-13H2,1-5H3,(H,26,29). The van der Waals surface area contributed by atoms with Gasteiger partial charge in [-0.2, -0.15) is 0 Å². The van der Waals surface area contributed by atoms with Gasteiger partial charge in [0.15, 0.2) is 6.61 Å². The Hall–Kier alpha value is -2.07. The number of benzene rings is 2. The minimum Gasteiger partial charge on any atom is -0.484 e.